The summed E-state index contributed by atoms with van der Waals surface area (Å²) in [5.74, 6) is -2.24. The van der Waals surface area contributed by atoms with E-state index in [1.807, 2.05) is 0 Å². The molecule has 2 rings (SSSR count). The van der Waals surface area contributed by atoms with Crippen LogP contribution in [-0.2, 0) is 23.9 Å². The Morgan fingerprint density at radius 1 is 1.00 bits per heavy atom. The summed E-state index contributed by atoms with van der Waals surface area (Å²) in [6.45, 7) is 1.48. The summed E-state index contributed by atoms with van der Waals surface area (Å²) in [7, 11) is 0. The van der Waals surface area contributed by atoms with Crippen molar-refractivity contribution in [1.29, 1.82) is 0 Å². The fourth-order valence-corrected chi connectivity index (χ4v) is 2.32. The summed E-state index contributed by atoms with van der Waals surface area (Å²) < 4.78 is 4.86. The first-order chi connectivity index (χ1) is 12.4. The van der Waals surface area contributed by atoms with Gasteiger partial charge < -0.3 is 15.4 Å². The highest BCUT2D eigenvalue weighted by Gasteiger charge is 2.30. The zero-order chi connectivity index (χ0) is 19.1. The third-order valence-electron chi connectivity index (χ3n) is 3.57. The van der Waals surface area contributed by atoms with Gasteiger partial charge in [0.25, 0.3) is 5.91 Å². The van der Waals surface area contributed by atoms with E-state index in [1.165, 1.54) is 24.3 Å². The number of nitrogens with one attached hydrogen (secondary N) is 2. The molecule has 1 aliphatic rings. The molecule has 4 amide bonds. The minimum absolute atomic E-state index is 0.171. The van der Waals surface area contributed by atoms with E-state index in [9.17, 15) is 24.0 Å². The van der Waals surface area contributed by atoms with E-state index in [4.69, 9.17) is 4.74 Å². The summed E-state index contributed by atoms with van der Waals surface area (Å²) >= 11 is 0. The van der Waals surface area contributed by atoms with Crippen molar-refractivity contribution in [2.75, 3.05) is 24.6 Å². The third kappa shape index (κ3) is 4.88. The van der Waals surface area contributed by atoms with Gasteiger partial charge in [-0.3, -0.25) is 24.1 Å². The topological polar surface area (TPSA) is 122 Å². The Morgan fingerprint density at radius 2 is 1.62 bits per heavy atom. The first kappa shape index (κ1) is 19.1. The second-order valence-electron chi connectivity index (χ2n) is 5.48. The van der Waals surface area contributed by atoms with Crippen molar-refractivity contribution in [3.63, 3.8) is 0 Å². The zero-order valence-electron chi connectivity index (χ0n) is 14.2. The lowest BCUT2D eigenvalue weighted by molar-refractivity contribution is -0.127. The number of esters is 1. The van der Waals surface area contributed by atoms with Gasteiger partial charge in [-0.25, -0.2) is 4.79 Å². The van der Waals surface area contributed by atoms with Gasteiger partial charge in [0.1, 0.15) is 0 Å². The fourth-order valence-electron chi connectivity index (χ4n) is 2.32. The van der Waals surface area contributed by atoms with Gasteiger partial charge in [0.05, 0.1) is 17.8 Å². The van der Waals surface area contributed by atoms with E-state index in [0.717, 1.165) is 4.90 Å². The van der Waals surface area contributed by atoms with Gasteiger partial charge in [-0.15, -0.1) is 0 Å². The van der Waals surface area contributed by atoms with Crippen LogP contribution in [0.15, 0.2) is 24.3 Å². The van der Waals surface area contributed by atoms with Gasteiger partial charge in [0, 0.05) is 19.4 Å². The molecule has 0 aromatic heterocycles. The number of amides is 4. The average molecular weight is 361 g/mol. The molecule has 138 valence electrons. The summed E-state index contributed by atoms with van der Waals surface area (Å²) in [5, 5.41) is 4.83. The lowest BCUT2D eigenvalue weighted by atomic mass is 10.2. The van der Waals surface area contributed by atoms with Crippen molar-refractivity contribution >= 4 is 35.3 Å². The summed E-state index contributed by atoms with van der Waals surface area (Å²) in [6.07, 6.45) is 0.349. The number of hydrogen-bond acceptors (Lipinski definition) is 6. The quantitative estimate of drug-likeness (QED) is 0.510. The number of hydrogen-bond donors (Lipinski definition) is 2. The molecular formula is C17H19N3O6. The lowest BCUT2D eigenvalue weighted by Gasteiger charge is -2.14. The predicted molar refractivity (Wildman–Crippen MR) is 90.1 cm³/mol. The molecule has 2 N–H and O–H groups in total. The van der Waals surface area contributed by atoms with Gasteiger partial charge in [-0.05, 0) is 31.2 Å². The zero-order valence-corrected chi connectivity index (χ0v) is 14.2. The molecular weight excluding hydrogens is 342 g/mol. The molecule has 1 aromatic rings. The largest absolute Gasteiger partial charge is 0.452 e. The Kier molecular flexibility index (Phi) is 6.42. The summed E-state index contributed by atoms with van der Waals surface area (Å²) in [6, 6.07) is 5.74. The summed E-state index contributed by atoms with van der Waals surface area (Å²) in [4.78, 5) is 59.1. The van der Waals surface area contributed by atoms with Crippen LogP contribution in [0, 0.1) is 0 Å². The van der Waals surface area contributed by atoms with E-state index in [2.05, 4.69) is 10.6 Å². The molecule has 0 radical (unpaired) electrons. The fraction of sp³-hybridized carbons (Fsp3) is 0.353. The van der Waals surface area contributed by atoms with Crippen LogP contribution in [0.2, 0.25) is 0 Å². The van der Waals surface area contributed by atoms with E-state index < -0.39 is 18.5 Å². The number of anilines is 1. The third-order valence-corrected chi connectivity index (χ3v) is 3.57. The molecule has 0 spiro atoms. The first-order valence-electron chi connectivity index (χ1n) is 8.08. The normalized spacial score (nSPS) is 13.5. The van der Waals surface area contributed by atoms with Crippen LogP contribution in [0.4, 0.5) is 5.69 Å². The minimum atomic E-state index is -0.733. The molecule has 1 saturated heterocycles. The second kappa shape index (κ2) is 8.75. The summed E-state index contributed by atoms with van der Waals surface area (Å²) in [5.41, 5.74) is 0.554. The molecule has 0 saturated carbocycles. The second-order valence-corrected chi connectivity index (χ2v) is 5.48. The van der Waals surface area contributed by atoms with Crippen molar-refractivity contribution in [1.82, 2.24) is 10.6 Å². The predicted octanol–water partition coefficient (Wildman–Crippen LogP) is -0.251. The Balaban J connectivity index is 1.84. The maximum atomic E-state index is 11.9. The number of carbonyl (C=O) groups excluding carboxylic acids is 5. The molecule has 1 aromatic carbocycles. The standard InChI is InChI=1S/C17H19N3O6/c1-2-18-13(21)9-19-14(22)10-26-17(25)11-3-5-12(6-4-11)20-15(23)7-8-16(20)24/h3-6H,2,7-10H2,1H3,(H,18,21)(H,19,22). The molecule has 0 aliphatic carbocycles. The molecule has 1 fully saturated rings. The van der Waals surface area contributed by atoms with Crippen molar-refractivity contribution < 1.29 is 28.7 Å². The number of nitrogens with zero attached hydrogens (tertiary/aromatic N) is 1. The van der Waals surface area contributed by atoms with E-state index in [-0.39, 0.29) is 42.7 Å². The minimum Gasteiger partial charge on any atom is -0.452 e. The van der Waals surface area contributed by atoms with Crippen LogP contribution in [0.1, 0.15) is 30.1 Å². The van der Waals surface area contributed by atoms with Crippen molar-refractivity contribution in [2.45, 2.75) is 19.8 Å². The maximum Gasteiger partial charge on any atom is 0.338 e. The van der Waals surface area contributed by atoms with E-state index in [0.29, 0.717) is 12.2 Å². The Labute approximate surface area is 149 Å². The lowest BCUT2D eigenvalue weighted by Crippen LogP contribution is -2.38. The number of likely N-dealkylation sites (N-methyl/N-ethyl adjacent to an activating group) is 1. The Hall–Kier alpha value is -3.23. The van der Waals surface area contributed by atoms with Crippen LogP contribution in [0.3, 0.4) is 0 Å². The molecule has 0 atom stereocenters. The van der Waals surface area contributed by atoms with Crippen LogP contribution in [0.25, 0.3) is 0 Å². The van der Waals surface area contributed by atoms with Gasteiger partial charge in [-0.1, -0.05) is 0 Å². The van der Waals surface area contributed by atoms with Crippen molar-refractivity contribution in [2.24, 2.45) is 0 Å². The number of carbonyl (C=O) groups is 5. The molecule has 1 aliphatic heterocycles. The SMILES string of the molecule is CCNC(=O)CNC(=O)COC(=O)c1ccc(N2C(=O)CCC2=O)cc1. The highest BCUT2D eigenvalue weighted by atomic mass is 16.5. The van der Waals surface area contributed by atoms with E-state index in [1.54, 1.807) is 6.92 Å². The molecule has 0 unspecified atom stereocenters. The monoisotopic (exact) mass is 361 g/mol. The van der Waals surface area contributed by atoms with Gasteiger partial charge in [0.2, 0.25) is 17.7 Å². The number of benzene rings is 1. The smallest absolute Gasteiger partial charge is 0.338 e. The molecule has 26 heavy (non-hydrogen) atoms. The number of imide groups is 1. The van der Waals surface area contributed by atoms with Crippen LogP contribution in [-0.4, -0.2) is 49.3 Å². The Morgan fingerprint density at radius 3 is 2.19 bits per heavy atom. The van der Waals surface area contributed by atoms with Gasteiger partial charge >= 0.3 is 5.97 Å². The van der Waals surface area contributed by atoms with E-state index >= 15 is 0 Å². The van der Waals surface area contributed by atoms with Crippen LogP contribution < -0.4 is 15.5 Å². The van der Waals surface area contributed by atoms with Crippen LogP contribution in [0.5, 0.6) is 0 Å². The number of rotatable bonds is 7. The molecule has 9 heteroatoms. The first-order valence-corrected chi connectivity index (χ1v) is 8.08. The van der Waals surface area contributed by atoms with Gasteiger partial charge in [0.15, 0.2) is 6.61 Å². The molecule has 1 heterocycles. The Bertz CT molecular complexity index is 713. The van der Waals surface area contributed by atoms with Crippen molar-refractivity contribution in [3.8, 4) is 0 Å². The average Bonchev–Trinajstić information content (AvgIpc) is 2.96. The molecule has 0 bridgehead atoms. The van der Waals surface area contributed by atoms with Gasteiger partial charge in [-0.2, -0.15) is 0 Å². The van der Waals surface area contributed by atoms with Crippen molar-refractivity contribution in [3.05, 3.63) is 29.8 Å². The maximum absolute atomic E-state index is 11.9. The highest BCUT2D eigenvalue weighted by Crippen LogP contribution is 2.22. The molecule has 9 nitrogen and oxygen atoms in total. The number of ether oxygens (including phenoxy) is 1. The van der Waals surface area contributed by atoms with Crippen LogP contribution >= 0.6 is 0 Å². The highest BCUT2D eigenvalue weighted by molar-refractivity contribution is 6.19.